The highest BCUT2D eigenvalue weighted by atomic mass is 35.7. The molecule has 20 heavy (non-hydrogen) atoms. The van der Waals surface area contributed by atoms with E-state index in [9.17, 15) is 0 Å². The Kier molecular flexibility index (Phi) is 6.37. The van der Waals surface area contributed by atoms with E-state index >= 15 is 0 Å². The molecule has 4 heterocycles. The first kappa shape index (κ1) is 16.3. The van der Waals surface area contributed by atoms with Gasteiger partial charge in [0.1, 0.15) is 0 Å². The van der Waals surface area contributed by atoms with Crippen LogP contribution in [0.5, 0.6) is 0 Å². The molecule has 0 aliphatic carbocycles. The number of hydrogen-bond acceptors (Lipinski definition) is 0. The van der Waals surface area contributed by atoms with Gasteiger partial charge in [-0.3, -0.25) is 0 Å². The summed E-state index contributed by atoms with van der Waals surface area (Å²) in [5.41, 5.74) is 3.79. The molecule has 2 unspecified atom stereocenters. The average molecular weight is 353 g/mol. The van der Waals surface area contributed by atoms with Crippen molar-refractivity contribution in [3.63, 3.8) is 0 Å². The summed E-state index contributed by atoms with van der Waals surface area (Å²) in [6.45, 7) is 0. The van der Waals surface area contributed by atoms with Crippen LogP contribution in [-0.4, -0.2) is 22.6 Å². The first-order chi connectivity index (χ1) is 9.75. The fraction of sp³-hybridized carbons (Fsp3) is 1.00. The number of rotatable bonds is 0. The fourth-order valence-corrected chi connectivity index (χ4v) is 11.4. The summed E-state index contributed by atoms with van der Waals surface area (Å²) in [6.07, 6.45) is 17.3. The molecule has 4 saturated heterocycles. The third-order valence-corrected chi connectivity index (χ3v) is 13.9. The van der Waals surface area contributed by atoms with Crippen LogP contribution in [0, 0.1) is 0 Å². The van der Waals surface area contributed by atoms with Crippen molar-refractivity contribution in [2.45, 2.75) is 99.7 Å². The van der Waals surface area contributed by atoms with Gasteiger partial charge in [0.25, 0.3) is 0 Å². The van der Waals surface area contributed by atoms with Crippen LogP contribution in [0.15, 0.2) is 0 Å². The molecule has 0 amide bonds. The molecule has 0 aromatic rings. The third kappa shape index (κ3) is 3.85. The number of fused-ring (bicyclic) bond motifs is 4. The summed E-state index contributed by atoms with van der Waals surface area (Å²) in [4.78, 5) is 0. The highest BCUT2D eigenvalue weighted by molar-refractivity contribution is 7.85. The van der Waals surface area contributed by atoms with Crippen LogP contribution in [0.2, 0.25) is 0 Å². The van der Waals surface area contributed by atoms with Crippen LogP contribution in [0.25, 0.3) is 0 Å². The van der Waals surface area contributed by atoms with Gasteiger partial charge in [0, 0.05) is 0 Å². The maximum Gasteiger partial charge on any atom is -0.00339 e. The van der Waals surface area contributed by atoms with Gasteiger partial charge in [0.2, 0.25) is 0 Å². The van der Waals surface area contributed by atoms with Crippen molar-refractivity contribution >= 4 is 37.0 Å². The molecule has 4 aliphatic rings. The predicted molar refractivity (Wildman–Crippen MR) is 96.1 cm³/mol. The van der Waals surface area contributed by atoms with E-state index in [4.69, 9.17) is 22.5 Å². The Labute approximate surface area is 136 Å². The molecule has 4 aliphatic heterocycles. The standard InChI is InChI=1S/2C8H14ClP/c9-10-7-3-1-4-8(10)6-2-5-7;9-10-7-3-1-2-4-8(10)6-5-7/h2*7-8H,1-6H2. The Morgan fingerprint density at radius 2 is 0.750 bits per heavy atom. The Hall–Kier alpha value is 1.44. The van der Waals surface area contributed by atoms with Gasteiger partial charge >= 0.3 is 0 Å². The molecule has 0 radical (unpaired) electrons. The number of hydrogen-bond donors (Lipinski definition) is 0. The first-order valence-corrected chi connectivity index (χ1v) is 13.4. The molecule has 4 heteroatoms. The van der Waals surface area contributed by atoms with E-state index in [0.717, 1.165) is 22.6 Å². The van der Waals surface area contributed by atoms with Gasteiger partial charge in [-0.1, -0.05) is 48.2 Å². The average Bonchev–Trinajstić information content (AvgIpc) is 2.62. The maximum absolute atomic E-state index is 6.35. The Bertz CT molecular complexity index is 265. The topological polar surface area (TPSA) is 0 Å². The van der Waals surface area contributed by atoms with E-state index < -0.39 is 0 Å². The zero-order valence-corrected chi connectivity index (χ0v) is 15.7. The third-order valence-electron chi connectivity index (χ3n) is 5.70. The van der Waals surface area contributed by atoms with Crippen LogP contribution < -0.4 is 0 Å². The highest BCUT2D eigenvalue weighted by Crippen LogP contribution is 2.64. The molecule has 0 saturated carbocycles. The molecule has 0 aromatic heterocycles. The monoisotopic (exact) mass is 352 g/mol. The van der Waals surface area contributed by atoms with Crippen LogP contribution in [0.3, 0.4) is 0 Å². The summed E-state index contributed by atoms with van der Waals surface area (Å²) >= 11 is 12.7. The summed E-state index contributed by atoms with van der Waals surface area (Å²) in [7, 11) is -0.115. The highest BCUT2D eigenvalue weighted by Gasteiger charge is 2.35. The Morgan fingerprint density at radius 1 is 0.450 bits per heavy atom. The van der Waals surface area contributed by atoms with Crippen molar-refractivity contribution in [2.24, 2.45) is 0 Å². The molecule has 0 nitrogen and oxygen atoms in total. The fourth-order valence-electron chi connectivity index (χ4n) is 4.48. The molecule has 0 N–H and O–H groups in total. The zero-order valence-electron chi connectivity index (χ0n) is 12.4. The number of halogens is 2. The van der Waals surface area contributed by atoms with E-state index in [1.807, 2.05) is 0 Å². The minimum atomic E-state index is -0.0574. The van der Waals surface area contributed by atoms with Gasteiger partial charge in [-0.05, 0) is 88.6 Å². The zero-order chi connectivity index (χ0) is 13.9. The molecule has 4 rings (SSSR count). The van der Waals surface area contributed by atoms with Crippen LogP contribution in [0.4, 0.5) is 0 Å². The quantitative estimate of drug-likeness (QED) is 0.397. The summed E-state index contributed by atoms with van der Waals surface area (Å²) in [6, 6.07) is 0. The molecular formula is C16H28Cl2P2. The minimum Gasteiger partial charge on any atom is -0.0958 e. The smallest absolute Gasteiger partial charge is 0.00339 e. The van der Waals surface area contributed by atoms with Crippen molar-refractivity contribution in [2.75, 3.05) is 0 Å². The maximum atomic E-state index is 6.35. The van der Waals surface area contributed by atoms with Gasteiger partial charge in [-0.25, -0.2) is 0 Å². The largest absolute Gasteiger partial charge is 0.0958 e. The van der Waals surface area contributed by atoms with Crippen LogP contribution in [0.1, 0.15) is 77.0 Å². The molecule has 116 valence electrons. The summed E-state index contributed by atoms with van der Waals surface area (Å²) < 4.78 is 0. The normalized spacial score (nSPS) is 47.1. The predicted octanol–water partition coefficient (Wildman–Crippen LogP) is 7.45. The van der Waals surface area contributed by atoms with E-state index in [1.165, 1.54) is 77.0 Å². The molecule has 0 spiro atoms. The second-order valence-corrected chi connectivity index (χ2v) is 13.7. The Balaban J connectivity index is 0.000000121. The lowest BCUT2D eigenvalue weighted by molar-refractivity contribution is 0.481. The van der Waals surface area contributed by atoms with Gasteiger partial charge in [-0.2, -0.15) is 0 Å². The van der Waals surface area contributed by atoms with Gasteiger partial charge in [0.15, 0.2) is 0 Å². The van der Waals surface area contributed by atoms with E-state index in [1.54, 1.807) is 0 Å². The van der Waals surface area contributed by atoms with Crippen molar-refractivity contribution < 1.29 is 0 Å². The van der Waals surface area contributed by atoms with Gasteiger partial charge in [0.05, 0.1) is 0 Å². The molecule has 4 fully saturated rings. The first-order valence-electron chi connectivity index (χ1n) is 8.64. The van der Waals surface area contributed by atoms with Crippen molar-refractivity contribution in [3.05, 3.63) is 0 Å². The minimum absolute atomic E-state index is 0.0574. The van der Waals surface area contributed by atoms with Crippen LogP contribution >= 0.6 is 37.0 Å². The Morgan fingerprint density at radius 3 is 1.15 bits per heavy atom. The molecule has 0 aromatic carbocycles. The van der Waals surface area contributed by atoms with E-state index in [-0.39, 0.29) is 14.5 Å². The van der Waals surface area contributed by atoms with Crippen molar-refractivity contribution in [3.8, 4) is 0 Å². The second-order valence-electron chi connectivity index (χ2n) is 7.03. The lowest BCUT2D eigenvalue weighted by Crippen LogP contribution is -2.23. The SMILES string of the molecule is ClP1C2CCCC1CCC2.ClP1C2CCCCC1CC2. The van der Waals surface area contributed by atoms with Crippen molar-refractivity contribution in [1.29, 1.82) is 0 Å². The van der Waals surface area contributed by atoms with Gasteiger partial charge in [-0.15, -0.1) is 0 Å². The van der Waals surface area contributed by atoms with Gasteiger partial charge < -0.3 is 0 Å². The van der Waals surface area contributed by atoms with Crippen molar-refractivity contribution in [1.82, 2.24) is 0 Å². The van der Waals surface area contributed by atoms with Crippen LogP contribution in [-0.2, 0) is 0 Å². The second kappa shape index (κ2) is 7.81. The van der Waals surface area contributed by atoms with E-state index in [0.29, 0.717) is 0 Å². The molecular weight excluding hydrogens is 325 g/mol. The summed E-state index contributed by atoms with van der Waals surface area (Å²) in [5.74, 6) is 0. The molecule has 4 bridgehead atoms. The lowest BCUT2D eigenvalue weighted by Gasteiger charge is -2.38. The lowest BCUT2D eigenvalue weighted by atomic mass is 9.99. The van der Waals surface area contributed by atoms with E-state index in [2.05, 4.69) is 0 Å². The summed E-state index contributed by atoms with van der Waals surface area (Å²) in [5, 5.41) is 0. The molecule has 2 atom stereocenters.